The zero-order valence-electron chi connectivity index (χ0n) is 12.5. The van der Waals surface area contributed by atoms with E-state index in [1.165, 1.54) is 0 Å². The Morgan fingerprint density at radius 2 is 2.10 bits per heavy atom. The van der Waals surface area contributed by atoms with E-state index in [1.54, 1.807) is 11.8 Å². The second-order valence-electron chi connectivity index (χ2n) is 5.48. The third-order valence-electron chi connectivity index (χ3n) is 3.33. The standard InChI is InChI=1S/C16H22N2O2S/c1-11(2)21-14-9-4-3-7-12(14)15(19)18-13-8-5-6-10-17-16(13)20/h3-4,7,9,11,13H,5-6,8,10H2,1-2H3,(H,17,20)(H,18,19)/t13-/m0/s1. The number of hydrogen-bond acceptors (Lipinski definition) is 3. The first kappa shape index (κ1) is 15.9. The van der Waals surface area contributed by atoms with Crippen molar-refractivity contribution < 1.29 is 9.59 Å². The number of carbonyl (C=O) groups excluding carboxylic acids is 2. The van der Waals surface area contributed by atoms with Crippen molar-refractivity contribution in [2.45, 2.75) is 49.3 Å². The number of carbonyl (C=O) groups is 2. The van der Waals surface area contributed by atoms with Crippen molar-refractivity contribution in [3.8, 4) is 0 Å². The number of amides is 2. The highest BCUT2D eigenvalue weighted by Gasteiger charge is 2.23. The van der Waals surface area contributed by atoms with Gasteiger partial charge in [0.1, 0.15) is 6.04 Å². The lowest BCUT2D eigenvalue weighted by Crippen LogP contribution is -2.45. The smallest absolute Gasteiger partial charge is 0.253 e. The summed E-state index contributed by atoms with van der Waals surface area (Å²) in [4.78, 5) is 25.3. The molecule has 0 radical (unpaired) electrons. The molecular weight excluding hydrogens is 284 g/mol. The SMILES string of the molecule is CC(C)Sc1ccccc1C(=O)N[C@H]1CCCCNC1=O. The Morgan fingerprint density at radius 1 is 1.33 bits per heavy atom. The Hall–Kier alpha value is -1.49. The first-order valence-electron chi connectivity index (χ1n) is 7.42. The summed E-state index contributed by atoms with van der Waals surface area (Å²) in [5.74, 6) is -0.240. The van der Waals surface area contributed by atoms with Crippen molar-refractivity contribution in [3.63, 3.8) is 0 Å². The van der Waals surface area contributed by atoms with Gasteiger partial charge < -0.3 is 10.6 Å². The normalized spacial score (nSPS) is 19.0. The lowest BCUT2D eigenvalue weighted by atomic mass is 10.1. The van der Waals surface area contributed by atoms with Crippen LogP contribution in [-0.2, 0) is 4.79 Å². The summed E-state index contributed by atoms with van der Waals surface area (Å²) in [6, 6.07) is 7.13. The molecule has 0 aromatic heterocycles. The van der Waals surface area contributed by atoms with E-state index in [0.717, 1.165) is 17.7 Å². The third-order valence-corrected chi connectivity index (χ3v) is 4.42. The van der Waals surface area contributed by atoms with Crippen molar-refractivity contribution in [3.05, 3.63) is 29.8 Å². The molecule has 4 nitrogen and oxygen atoms in total. The lowest BCUT2D eigenvalue weighted by Gasteiger charge is -2.17. The molecule has 0 aliphatic carbocycles. The van der Waals surface area contributed by atoms with E-state index in [-0.39, 0.29) is 11.8 Å². The highest BCUT2D eigenvalue weighted by molar-refractivity contribution is 8.00. The van der Waals surface area contributed by atoms with E-state index >= 15 is 0 Å². The molecule has 5 heteroatoms. The monoisotopic (exact) mass is 306 g/mol. The number of hydrogen-bond donors (Lipinski definition) is 2. The van der Waals surface area contributed by atoms with Crippen LogP contribution in [0.4, 0.5) is 0 Å². The third kappa shape index (κ3) is 4.49. The molecule has 1 heterocycles. The van der Waals surface area contributed by atoms with Gasteiger partial charge in [0.25, 0.3) is 5.91 Å². The summed E-state index contributed by atoms with van der Waals surface area (Å²) in [6.45, 7) is 4.89. The van der Waals surface area contributed by atoms with E-state index in [2.05, 4.69) is 24.5 Å². The van der Waals surface area contributed by atoms with Crippen molar-refractivity contribution in [1.29, 1.82) is 0 Å². The molecule has 21 heavy (non-hydrogen) atoms. The quantitative estimate of drug-likeness (QED) is 0.841. The van der Waals surface area contributed by atoms with E-state index in [0.29, 0.717) is 23.8 Å². The van der Waals surface area contributed by atoms with Crippen LogP contribution in [0.3, 0.4) is 0 Å². The fourth-order valence-electron chi connectivity index (χ4n) is 2.32. The van der Waals surface area contributed by atoms with Gasteiger partial charge >= 0.3 is 0 Å². The molecule has 0 unspecified atom stereocenters. The average Bonchev–Trinajstić information content (AvgIpc) is 2.64. The fourth-order valence-corrected chi connectivity index (χ4v) is 3.28. The summed E-state index contributed by atoms with van der Waals surface area (Å²) < 4.78 is 0. The van der Waals surface area contributed by atoms with Crippen molar-refractivity contribution in [1.82, 2.24) is 10.6 Å². The highest BCUT2D eigenvalue weighted by Crippen LogP contribution is 2.26. The summed E-state index contributed by atoms with van der Waals surface area (Å²) in [5.41, 5.74) is 0.647. The average molecular weight is 306 g/mol. The number of benzene rings is 1. The van der Waals surface area contributed by atoms with E-state index < -0.39 is 6.04 Å². The van der Waals surface area contributed by atoms with Gasteiger partial charge in [-0.2, -0.15) is 0 Å². The van der Waals surface area contributed by atoms with Crippen LogP contribution in [0.5, 0.6) is 0 Å². The van der Waals surface area contributed by atoms with Gasteiger partial charge in [-0.3, -0.25) is 9.59 Å². The molecule has 2 N–H and O–H groups in total. The van der Waals surface area contributed by atoms with E-state index in [4.69, 9.17) is 0 Å². The topological polar surface area (TPSA) is 58.2 Å². The van der Waals surface area contributed by atoms with Gasteiger partial charge in [0.2, 0.25) is 5.91 Å². The van der Waals surface area contributed by atoms with Crippen LogP contribution in [0, 0.1) is 0 Å². The van der Waals surface area contributed by atoms with Gasteiger partial charge in [-0.25, -0.2) is 0 Å². The molecule has 0 spiro atoms. The van der Waals surface area contributed by atoms with Crippen molar-refractivity contribution in [2.24, 2.45) is 0 Å². The molecule has 1 aromatic carbocycles. The molecule has 1 aromatic rings. The molecule has 1 atom stereocenters. The minimum Gasteiger partial charge on any atom is -0.354 e. The van der Waals surface area contributed by atoms with Crippen LogP contribution in [0.25, 0.3) is 0 Å². The van der Waals surface area contributed by atoms with Gasteiger partial charge in [-0.05, 0) is 31.4 Å². The second kappa shape index (κ2) is 7.50. The largest absolute Gasteiger partial charge is 0.354 e. The van der Waals surface area contributed by atoms with Crippen LogP contribution in [0.1, 0.15) is 43.5 Å². The van der Waals surface area contributed by atoms with Crippen LogP contribution in [0.15, 0.2) is 29.2 Å². The van der Waals surface area contributed by atoms with Crippen molar-refractivity contribution in [2.75, 3.05) is 6.54 Å². The van der Waals surface area contributed by atoms with Gasteiger partial charge in [-0.15, -0.1) is 11.8 Å². The van der Waals surface area contributed by atoms with Crippen LogP contribution < -0.4 is 10.6 Å². The molecule has 1 aliphatic heterocycles. The van der Waals surface area contributed by atoms with Crippen LogP contribution in [0.2, 0.25) is 0 Å². The van der Waals surface area contributed by atoms with Gasteiger partial charge in [0.05, 0.1) is 5.56 Å². The predicted octanol–water partition coefficient (Wildman–Crippen LogP) is 2.59. The van der Waals surface area contributed by atoms with E-state index in [1.807, 2.05) is 24.3 Å². The first-order chi connectivity index (χ1) is 10.1. The van der Waals surface area contributed by atoms with Gasteiger partial charge in [0.15, 0.2) is 0 Å². The zero-order chi connectivity index (χ0) is 15.2. The van der Waals surface area contributed by atoms with Crippen molar-refractivity contribution >= 4 is 23.6 Å². The number of rotatable bonds is 4. The maximum Gasteiger partial charge on any atom is 0.253 e. The zero-order valence-corrected chi connectivity index (χ0v) is 13.3. The summed E-state index contributed by atoms with van der Waals surface area (Å²) >= 11 is 1.66. The Kier molecular flexibility index (Phi) is 5.67. The Morgan fingerprint density at radius 3 is 2.86 bits per heavy atom. The van der Waals surface area contributed by atoms with Crippen LogP contribution >= 0.6 is 11.8 Å². The number of thioether (sulfide) groups is 1. The Balaban J connectivity index is 2.10. The van der Waals surface area contributed by atoms with Gasteiger partial charge in [-0.1, -0.05) is 26.0 Å². The van der Waals surface area contributed by atoms with Crippen LogP contribution in [-0.4, -0.2) is 29.7 Å². The molecule has 114 valence electrons. The lowest BCUT2D eigenvalue weighted by molar-refractivity contribution is -0.122. The summed E-state index contributed by atoms with van der Waals surface area (Å²) in [6.07, 6.45) is 2.63. The number of nitrogens with one attached hydrogen (secondary N) is 2. The maximum absolute atomic E-state index is 12.5. The minimum absolute atomic E-state index is 0.0742. The fraction of sp³-hybridized carbons (Fsp3) is 0.500. The maximum atomic E-state index is 12.5. The molecule has 2 amide bonds. The molecule has 1 fully saturated rings. The van der Waals surface area contributed by atoms with Gasteiger partial charge in [0, 0.05) is 16.7 Å². The summed E-state index contributed by atoms with van der Waals surface area (Å²) in [7, 11) is 0. The second-order valence-corrected chi connectivity index (χ2v) is 7.09. The predicted molar refractivity (Wildman–Crippen MR) is 85.5 cm³/mol. The van der Waals surface area contributed by atoms with E-state index in [9.17, 15) is 9.59 Å². The molecule has 0 saturated carbocycles. The molecule has 1 saturated heterocycles. The molecular formula is C16H22N2O2S. The minimum atomic E-state index is -0.419. The highest BCUT2D eigenvalue weighted by atomic mass is 32.2. The molecule has 1 aliphatic rings. The molecule has 0 bridgehead atoms. The first-order valence-corrected chi connectivity index (χ1v) is 8.30. The summed E-state index contributed by atoms with van der Waals surface area (Å²) in [5, 5.41) is 6.12. The molecule has 2 rings (SSSR count). The Labute approximate surface area is 130 Å². The Bertz CT molecular complexity index is 517.